The fourth-order valence-corrected chi connectivity index (χ4v) is 4.76. The van der Waals surface area contributed by atoms with Crippen LogP contribution in [0.2, 0.25) is 0 Å². The zero-order valence-electron chi connectivity index (χ0n) is 19.0. The third kappa shape index (κ3) is 6.68. The normalized spacial score (nSPS) is 14.3. The van der Waals surface area contributed by atoms with E-state index in [-0.39, 0.29) is 11.4 Å². The lowest BCUT2D eigenvalue weighted by molar-refractivity contribution is -0.127. The Bertz CT molecular complexity index is 1330. The molecule has 7 nitrogen and oxygen atoms in total. The average molecular weight is 679 g/mol. The number of amides is 3. The summed E-state index contributed by atoms with van der Waals surface area (Å²) in [5.74, 6) is 0.0842. The molecule has 184 valence electrons. The number of methoxy groups -OCH3 is 1. The number of halogens is 2. The van der Waals surface area contributed by atoms with Gasteiger partial charge < -0.3 is 14.8 Å². The lowest BCUT2D eigenvalue weighted by Gasteiger charge is -2.13. The van der Waals surface area contributed by atoms with Gasteiger partial charge in [-0.25, -0.2) is 0 Å². The van der Waals surface area contributed by atoms with Crippen molar-refractivity contribution in [3.8, 4) is 11.5 Å². The molecule has 0 radical (unpaired) electrons. The number of benzene rings is 3. The van der Waals surface area contributed by atoms with Crippen LogP contribution in [0.1, 0.15) is 11.1 Å². The summed E-state index contributed by atoms with van der Waals surface area (Å²) in [6.07, 6.45) is 1.60. The van der Waals surface area contributed by atoms with E-state index in [2.05, 4.69) is 43.8 Å². The van der Waals surface area contributed by atoms with Crippen molar-refractivity contribution in [2.24, 2.45) is 0 Å². The zero-order chi connectivity index (χ0) is 25.7. The maximum atomic E-state index is 12.8. The molecule has 4 rings (SSSR count). The first-order valence-electron chi connectivity index (χ1n) is 10.7. The summed E-state index contributed by atoms with van der Waals surface area (Å²) in [5, 5.41) is 2.20. The number of hydrogen-bond acceptors (Lipinski definition) is 6. The van der Waals surface area contributed by atoms with Crippen LogP contribution in [-0.2, 0) is 16.2 Å². The Morgan fingerprint density at radius 3 is 2.47 bits per heavy atom. The number of carbonyl (C=O) groups is 3. The molecular weight excluding hydrogens is 659 g/mol. The summed E-state index contributed by atoms with van der Waals surface area (Å²) >= 11 is 6.37. The van der Waals surface area contributed by atoms with E-state index in [1.54, 1.807) is 36.4 Å². The van der Waals surface area contributed by atoms with Crippen LogP contribution >= 0.6 is 50.3 Å². The lowest BCUT2D eigenvalue weighted by atomic mass is 10.1. The summed E-state index contributed by atoms with van der Waals surface area (Å²) in [6, 6.07) is 20.3. The number of imide groups is 1. The molecule has 3 aromatic rings. The fourth-order valence-electron chi connectivity index (χ4n) is 3.30. The van der Waals surface area contributed by atoms with Crippen molar-refractivity contribution in [2.45, 2.75) is 6.61 Å². The Balaban J connectivity index is 1.42. The van der Waals surface area contributed by atoms with Crippen LogP contribution in [0.25, 0.3) is 6.08 Å². The maximum Gasteiger partial charge on any atom is 0.294 e. The topological polar surface area (TPSA) is 84.9 Å². The molecule has 1 fully saturated rings. The second-order valence-electron chi connectivity index (χ2n) is 7.65. The molecule has 10 heteroatoms. The average Bonchev–Trinajstić information content (AvgIpc) is 3.12. The van der Waals surface area contributed by atoms with Crippen molar-refractivity contribution in [1.29, 1.82) is 0 Å². The molecule has 0 spiro atoms. The van der Waals surface area contributed by atoms with Gasteiger partial charge >= 0.3 is 0 Å². The largest absolute Gasteiger partial charge is 0.493 e. The summed E-state index contributed by atoms with van der Waals surface area (Å²) in [6.45, 7) is 0.00625. The molecule has 0 atom stereocenters. The van der Waals surface area contributed by atoms with Crippen LogP contribution < -0.4 is 14.8 Å². The summed E-state index contributed by atoms with van der Waals surface area (Å²) in [7, 11) is 1.53. The molecule has 0 aliphatic carbocycles. The highest BCUT2D eigenvalue weighted by atomic mass is 127. The van der Waals surface area contributed by atoms with E-state index >= 15 is 0 Å². The third-order valence-corrected chi connectivity index (χ3v) is 7.25. The molecule has 0 bridgehead atoms. The number of rotatable bonds is 8. The Kier molecular flexibility index (Phi) is 8.70. The number of thioether (sulfide) groups is 1. The van der Waals surface area contributed by atoms with Gasteiger partial charge in [-0.15, -0.1) is 0 Å². The summed E-state index contributed by atoms with van der Waals surface area (Å²) in [4.78, 5) is 38.8. The number of hydrogen-bond donors (Lipinski definition) is 1. The van der Waals surface area contributed by atoms with Gasteiger partial charge in [0.25, 0.3) is 11.1 Å². The van der Waals surface area contributed by atoms with Gasteiger partial charge in [0, 0.05) is 13.7 Å². The molecule has 1 N–H and O–H groups in total. The van der Waals surface area contributed by atoms with Crippen LogP contribution in [0.4, 0.5) is 10.5 Å². The van der Waals surface area contributed by atoms with Gasteiger partial charge in [-0.1, -0.05) is 34.1 Å². The Labute approximate surface area is 234 Å². The first-order valence-corrected chi connectivity index (χ1v) is 13.4. The highest BCUT2D eigenvalue weighted by Crippen LogP contribution is 2.34. The number of ether oxygens (including phenoxy) is 2. The predicted molar refractivity (Wildman–Crippen MR) is 152 cm³/mol. The van der Waals surface area contributed by atoms with E-state index < -0.39 is 17.1 Å². The highest BCUT2D eigenvalue weighted by Gasteiger charge is 2.36. The monoisotopic (exact) mass is 678 g/mol. The Morgan fingerprint density at radius 2 is 1.78 bits per heavy atom. The maximum absolute atomic E-state index is 12.8. The summed E-state index contributed by atoms with van der Waals surface area (Å²) in [5.41, 5.74) is 2.26. The van der Waals surface area contributed by atoms with Crippen molar-refractivity contribution in [3.05, 3.63) is 90.8 Å². The van der Waals surface area contributed by atoms with Crippen molar-refractivity contribution >= 4 is 79.1 Å². The molecule has 3 aromatic carbocycles. The summed E-state index contributed by atoms with van der Waals surface area (Å²) < 4.78 is 13.4. The second kappa shape index (κ2) is 11.9. The van der Waals surface area contributed by atoms with Gasteiger partial charge in [0.05, 0.1) is 12.0 Å². The number of anilines is 1. The van der Waals surface area contributed by atoms with Crippen LogP contribution in [0.15, 0.2) is 76.1 Å². The molecule has 0 unspecified atom stereocenters. The minimum Gasteiger partial charge on any atom is -0.493 e. The minimum atomic E-state index is -0.516. The fraction of sp³-hybridized carbons (Fsp3) is 0.115. The van der Waals surface area contributed by atoms with E-state index in [4.69, 9.17) is 9.47 Å². The Morgan fingerprint density at radius 1 is 1.06 bits per heavy atom. The second-order valence-corrected chi connectivity index (χ2v) is 10.8. The quantitative estimate of drug-likeness (QED) is 0.222. The van der Waals surface area contributed by atoms with Gasteiger partial charge in [0.1, 0.15) is 13.2 Å². The molecule has 1 heterocycles. The van der Waals surface area contributed by atoms with Crippen LogP contribution in [0.5, 0.6) is 11.5 Å². The van der Waals surface area contributed by atoms with E-state index in [1.807, 2.05) is 36.4 Å². The van der Waals surface area contributed by atoms with Crippen molar-refractivity contribution in [2.75, 3.05) is 19.0 Å². The van der Waals surface area contributed by atoms with Crippen molar-refractivity contribution in [3.63, 3.8) is 0 Å². The van der Waals surface area contributed by atoms with Crippen molar-refractivity contribution in [1.82, 2.24) is 4.90 Å². The van der Waals surface area contributed by atoms with Gasteiger partial charge in [-0.3, -0.25) is 19.3 Å². The van der Waals surface area contributed by atoms with E-state index in [1.165, 1.54) is 7.11 Å². The first kappa shape index (κ1) is 26.2. The van der Waals surface area contributed by atoms with Crippen LogP contribution in [0.3, 0.4) is 0 Å². The standard InChI is InChI=1S/C26H20BrIN2O5S/c1-34-22-12-17(4-11-21(22)35-15-16-2-5-18(27)6-3-16)13-23-25(32)30(26(33)36-23)14-24(31)29-20-9-7-19(28)8-10-20/h2-13H,14-15H2,1H3,(H,29,31)/b23-13-. The molecule has 1 saturated heterocycles. The van der Waals surface area contributed by atoms with E-state index in [0.717, 1.165) is 30.3 Å². The van der Waals surface area contributed by atoms with Crippen LogP contribution in [-0.4, -0.2) is 35.6 Å². The molecular formula is C26H20BrIN2O5S. The number of nitrogens with one attached hydrogen (secondary N) is 1. The third-order valence-electron chi connectivity index (χ3n) is 5.10. The number of nitrogens with zero attached hydrogens (tertiary/aromatic N) is 1. The van der Waals surface area contributed by atoms with Gasteiger partial charge in [-0.05, 0) is 100 Å². The molecule has 1 aliphatic rings. The lowest BCUT2D eigenvalue weighted by Crippen LogP contribution is -2.36. The molecule has 1 aliphatic heterocycles. The molecule has 0 aromatic heterocycles. The highest BCUT2D eigenvalue weighted by molar-refractivity contribution is 14.1. The Hall–Kier alpha value is -2.83. The van der Waals surface area contributed by atoms with Crippen molar-refractivity contribution < 1.29 is 23.9 Å². The predicted octanol–water partition coefficient (Wildman–Crippen LogP) is 6.32. The zero-order valence-corrected chi connectivity index (χ0v) is 23.6. The first-order chi connectivity index (χ1) is 17.3. The smallest absolute Gasteiger partial charge is 0.294 e. The van der Waals surface area contributed by atoms with E-state index in [0.29, 0.717) is 29.4 Å². The van der Waals surface area contributed by atoms with Gasteiger partial charge in [-0.2, -0.15) is 0 Å². The van der Waals surface area contributed by atoms with Crippen LogP contribution in [0, 0.1) is 3.57 Å². The SMILES string of the molecule is COc1cc(/C=C2\SC(=O)N(CC(=O)Nc3ccc(I)cc3)C2=O)ccc1OCc1ccc(Br)cc1. The van der Waals surface area contributed by atoms with Gasteiger partial charge in [0.2, 0.25) is 5.91 Å². The van der Waals surface area contributed by atoms with E-state index in [9.17, 15) is 14.4 Å². The molecule has 36 heavy (non-hydrogen) atoms. The van der Waals surface area contributed by atoms with Gasteiger partial charge in [0.15, 0.2) is 11.5 Å². The minimum absolute atomic E-state index is 0.229. The molecule has 0 saturated carbocycles. The molecule has 3 amide bonds. The number of carbonyl (C=O) groups excluding carboxylic acids is 3.